The second-order valence-corrected chi connectivity index (χ2v) is 22.7. The van der Waals surface area contributed by atoms with Crippen molar-refractivity contribution in [3.63, 3.8) is 0 Å². The van der Waals surface area contributed by atoms with Crippen molar-refractivity contribution >= 4 is 8.25 Å². The molecular weight excluding hydrogens is 812 g/mol. The Kier molecular flexibility index (Phi) is 62.3. The summed E-state index contributed by atoms with van der Waals surface area (Å²) in [6.45, 7) is 2.89. The van der Waals surface area contributed by atoms with E-state index in [0.717, 1.165) is 6.42 Å². The summed E-state index contributed by atoms with van der Waals surface area (Å²) in [4.78, 5) is 0. The molecule has 0 aromatic heterocycles. The van der Waals surface area contributed by atoms with Crippen LogP contribution in [0.25, 0.3) is 0 Å². The van der Waals surface area contributed by atoms with Crippen molar-refractivity contribution in [2.75, 3.05) is 13.7 Å². The lowest BCUT2D eigenvalue weighted by atomic mass is 10.0. The molecule has 0 N–H and O–H groups in total. The molecule has 1 atom stereocenters. The minimum atomic E-state index is -2.22. The average molecular weight is 938 g/mol. The highest BCUT2D eigenvalue weighted by Crippen LogP contribution is 2.23. The zero-order valence-corrected chi connectivity index (χ0v) is 46.4. The smallest absolute Gasteiger partial charge is 0.314 e. The van der Waals surface area contributed by atoms with E-state index in [-0.39, 0.29) is 0 Å². The van der Waals surface area contributed by atoms with Crippen molar-refractivity contribution in [3.8, 4) is 0 Å². The number of hydrogen-bond acceptors (Lipinski definition) is 3. The molecule has 4 heteroatoms. The molecule has 1 unspecified atom stereocenters. The Morgan fingerprint density at radius 3 is 0.462 bits per heavy atom. The van der Waals surface area contributed by atoms with Crippen LogP contribution in [-0.2, 0) is 13.6 Å². The van der Waals surface area contributed by atoms with Crippen LogP contribution in [0.3, 0.4) is 0 Å². The zero-order valence-electron chi connectivity index (χ0n) is 45.4. The molecule has 0 aliphatic carbocycles. The van der Waals surface area contributed by atoms with E-state index in [9.17, 15) is 4.57 Å². The fourth-order valence-corrected chi connectivity index (χ4v) is 10.7. The van der Waals surface area contributed by atoms with Gasteiger partial charge in [0.1, 0.15) is 0 Å². The van der Waals surface area contributed by atoms with Gasteiger partial charge < -0.3 is 9.05 Å². The van der Waals surface area contributed by atoms with Gasteiger partial charge in [0.2, 0.25) is 0 Å². The topological polar surface area (TPSA) is 35.5 Å². The van der Waals surface area contributed by atoms with Crippen LogP contribution < -0.4 is 0 Å². The van der Waals surface area contributed by atoms with Gasteiger partial charge in [-0.05, 0) is 6.42 Å². The normalized spacial score (nSPS) is 12.2. The van der Waals surface area contributed by atoms with Crippen LogP contribution in [0.5, 0.6) is 0 Å². The van der Waals surface area contributed by atoms with Crippen molar-refractivity contribution in [2.24, 2.45) is 0 Å². The molecule has 0 amide bonds. The van der Waals surface area contributed by atoms with Gasteiger partial charge in [0.15, 0.2) is 0 Å². The van der Waals surface area contributed by atoms with Crippen molar-refractivity contribution in [1.29, 1.82) is 0 Å². The molecule has 0 rings (SSSR count). The Balaban J connectivity index is 3.07. The standard InChI is InChI=1S/C61H125O3P/c1-3-4-5-6-7-8-9-10-11-12-13-14-15-16-17-18-19-20-21-22-23-24-25-26-27-28-29-30-31-32-33-34-35-36-37-38-39-40-41-42-43-44-45-46-47-48-49-50-51-52-53-54-55-56-57-58-59-60-61-64-65(62)63-2/h65H,3-61H2,1-2H3. The third-order valence-electron chi connectivity index (χ3n) is 14.9. The van der Waals surface area contributed by atoms with Crippen molar-refractivity contribution in [3.05, 3.63) is 0 Å². The van der Waals surface area contributed by atoms with Crippen LogP contribution in [-0.4, -0.2) is 13.7 Å². The van der Waals surface area contributed by atoms with Gasteiger partial charge in [-0.1, -0.05) is 373 Å². The Morgan fingerprint density at radius 1 is 0.215 bits per heavy atom. The SMILES string of the molecule is CCCCCCCCCCCCCCCCCCCCCCCCCCCCCCCCCCCCCCCCCCCCCCCCCCCCCCCCCCCCO[PH](=O)OC. The van der Waals surface area contributed by atoms with E-state index < -0.39 is 8.25 Å². The number of rotatable bonds is 61. The minimum Gasteiger partial charge on any atom is -0.314 e. The minimum absolute atomic E-state index is 0.575. The zero-order chi connectivity index (χ0) is 46.7. The third-order valence-corrected chi connectivity index (χ3v) is 15.7. The molecule has 0 bridgehead atoms. The maximum atomic E-state index is 11.1. The monoisotopic (exact) mass is 937 g/mol. The fraction of sp³-hybridized carbons (Fsp3) is 1.00. The summed E-state index contributed by atoms with van der Waals surface area (Å²) >= 11 is 0. The van der Waals surface area contributed by atoms with Crippen molar-refractivity contribution in [1.82, 2.24) is 0 Å². The van der Waals surface area contributed by atoms with Crippen LogP contribution in [0.2, 0.25) is 0 Å². The summed E-state index contributed by atoms with van der Waals surface area (Å²) in [5.41, 5.74) is 0. The largest absolute Gasteiger partial charge is 0.318 e. The molecular formula is C61H125O3P. The van der Waals surface area contributed by atoms with Gasteiger partial charge in [0.05, 0.1) is 6.61 Å². The van der Waals surface area contributed by atoms with E-state index in [1.54, 1.807) is 0 Å². The molecule has 0 aromatic rings. The first-order chi connectivity index (χ1) is 32.3. The van der Waals surface area contributed by atoms with Gasteiger partial charge in [-0.2, -0.15) is 0 Å². The van der Waals surface area contributed by atoms with Gasteiger partial charge in [0, 0.05) is 7.11 Å². The average Bonchev–Trinajstić information content (AvgIpc) is 3.32. The lowest BCUT2D eigenvalue weighted by Gasteiger charge is -2.05. The summed E-state index contributed by atoms with van der Waals surface area (Å²) < 4.78 is 20.9. The van der Waals surface area contributed by atoms with Crippen LogP contribution in [0, 0.1) is 0 Å². The molecule has 0 heterocycles. The molecule has 65 heavy (non-hydrogen) atoms. The van der Waals surface area contributed by atoms with E-state index in [0.29, 0.717) is 6.61 Å². The molecule has 392 valence electrons. The van der Waals surface area contributed by atoms with Gasteiger partial charge in [-0.25, -0.2) is 0 Å². The quantitative estimate of drug-likeness (QED) is 0.0450. The highest BCUT2D eigenvalue weighted by atomic mass is 31.1. The lowest BCUT2D eigenvalue weighted by molar-refractivity contribution is 0.250. The fourth-order valence-electron chi connectivity index (χ4n) is 10.3. The highest BCUT2D eigenvalue weighted by molar-refractivity contribution is 7.33. The predicted molar refractivity (Wildman–Crippen MR) is 295 cm³/mol. The Hall–Kier alpha value is 0.150. The first kappa shape index (κ1) is 65.1. The molecule has 0 radical (unpaired) electrons. The van der Waals surface area contributed by atoms with E-state index >= 15 is 0 Å². The summed E-state index contributed by atoms with van der Waals surface area (Å²) in [7, 11) is -0.776. The molecule has 3 nitrogen and oxygen atoms in total. The Morgan fingerprint density at radius 2 is 0.338 bits per heavy atom. The molecule has 0 aliphatic rings. The third kappa shape index (κ3) is 62.1. The van der Waals surface area contributed by atoms with Crippen LogP contribution in [0.15, 0.2) is 0 Å². The van der Waals surface area contributed by atoms with Gasteiger partial charge in [0.25, 0.3) is 0 Å². The van der Waals surface area contributed by atoms with Crippen molar-refractivity contribution in [2.45, 2.75) is 379 Å². The maximum absolute atomic E-state index is 11.1. The van der Waals surface area contributed by atoms with Gasteiger partial charge >= 0.3 is 8.25 Å². The van der Waals surface area contributed by atoms with Crippen LogP contribution in [0.1, 0.15) is 379 Å². The lowest BCUT2D eigenvalue weighted by Crippen LogP contribution is -1.88. The molecule has 0 saturated heterocycles. The van der Waals surface area contributed by atoms with Gasteiger partial charge in [-0.15, -0.1) is 0 Å². The summed E-state index contributed by atoms with van der Waals surface area (Å²) in [5, 5.41) is 0. The van der Waals surface area contributed by atoms with E-state index in [2.05, 4.69) is 11.4 Å². The van der Waals surface area contributed by atoms with Gasteiger partial charge in [-0.3, -0.25) is 4.57 Å². The summed E-state index contributed by atoms with van der Waals surface area (Å²) in [6, 6.07) is 0. The molecule has 0 saturated carbocycles. The van der Waals surface area contributed by atoms with Crippen molar-refractivity contribution < 1.29 is 13.6 Å². The Bertz CT molecular complexity index is 834. The highest BCUT2D eigenvalue weighted by Gasteiger charge is 2.01. The first-order valence-electron chi connectivity index (χ1n) is 31.0. The summed E-state index contributed by atoms with van der Waals surface area (Å²) in [6.07, 6.45) is 84.5. The summed E-state index contributed by atoms with van der Waals surface area (Å²) in [5.74, 6) is 0. The van der Waals surface area contributed by atoms with E-state index in [1.165, 1.54) is 373 Å². The molecule has 0 fully saturated rings. The second kappa shape index (κ2) is 62.2. The molecule has 0 spiro atoms. The van der Waals surface area contributed by atoms with Crippen LogP contribution in [0.4, 0.5) is 0 Å². The number of hydrogen-bond donors (Lipinski definition) is 0. The predicted octanol–water partition coefficient (Wildman–Crippen LogP) is 23.7. The second-order valence-electron chi connectivity index (χ2n) is 21.5. The van der Waals surface area contributed by atoms with Crippen LogP contribution >= 0.6 is 8.25 Å². The Labute approximate surface area is 413 Å². The molecule has 0 aromatic carbocycles. The maximum Gasteiger partial charge on any atom is 0.318 e. The number of unbranched alkanes of at least 4 members (excludes halogenated alkanes) is 57. The van der Waals surface area contributed by atoms with E-state index in [4.69, 9.17) is 4.52 Å². The first-order valence-corrected chi connectivity index (χ1v) is 32.2. The van der Waals surface area contributed by atoms with E-state index in [1.807, 2.05) is 0 Å². The molecule has 0 aliphatic heterocycles.